The van der Waals surface area contributed by atoms with Gasteiger partial charge in [0.1, 0.15) is 5.69 Å². The topological polar surface area (TPSA) is 35.1 Å². The molecule has 3 nitrogen and oxygen atoms in total. The third-order valence-electron chi connectivity index (χ3n) is 3.51. The highest BCUT2D eigenvalue weighted by molar-refractivity contribution is 6.35. The minimum Gasteiger partial charge on any atom is -0.626 e. The molecule has 1 heterocycles. The molecule has 1 saturated heterocycles. The molecule has 0 spiro atoms. The first-order valence-electron chi connectivity index (χ1n) is 6.44. The van der Waals surface area contributed by atoms with Crippen molar-refractivity contribution in [3.63, 3.8) is 0 Å². The molecule has 0 radical (unpaired) electrons. The summed E-state index contributed by atoms with van der Waals surface area (Å²) in [5.41, 5.74) is 0.468. The lowest BCUT2D eigenvalue weighted by molar-refractivity contribution is 0.172. The van der Waals surface area contributed by atoms with Gasteiger partial charge in [-0.2, -0.15) is 0 Å². The van der Waals surface area contributed by atoms with E-state index in [0.717, 1.165) is 0 Å². The second-order valence-electron chi connectivity index (χ2n) is 6.44. The van der Waals surface area contributed by atoms with E-state index >= 15 is 0 Å². The summed E-state index contributed by atoms with van der Waals surface area (Å²) in [4.78, 5) is 0. The van der Waals surface area contributed by atoms with Crippen molar-refractivity contribution in [2.75, 3.05) is 6.54 Å². The lowest BCUT2D eigenvalue weighted by Crippen LogP contribution is -2.57. The third kappa shape index (κ3) is 2.91. The molecule has 3 atom stereocenters. The summed E-state index contributed by atoms with van der Waals surface area (Å²) in [5.74, 6) is 0. The number of benzene rings is 1. The van der Waals surface area contributed by atoms with Gasteiger partial charge in [-0.15, -0.1) is 0 Å². The molecule has 1 fully saturated rings. The summed E-state index contributed by atoms with van der Waals surface area (Å²) >= 11 is 12.1. The Balaban J connectivity index is 2.50. The van der Waals surface area contributed by atoms with Gasteiger partial charge in [0.2, 0.25) is 0 Å². The third-order valence-corrected chi connectivity index (χ3v) is 3.95. The largest absolute Gasteiger partial charge is 0.626 e. The monoisotopic (exact) mass is 302 g/mol. The van der Waals surface area contributed by atoms with Gasteiger partial charge in [0.05, 0.1) is 12.6 Å². The molecule has 0 amide bonds. The van der Waals surface area contributed by atoms with Gasteiger partial charge in [-0.1, -0.05) is 44.0 Å². The molecule has 1 aromatic carbocycles. The molecular formula is C14H20Cl2N2O. The highest BCUT2D eigenvalue weighted by Crippen LogP contribution is 2.39. The summed E-state index contributed by atoms with van der Waals surface area (Å²) in [6.07, 6.45) is -0.211. The Morgan fingerprint density at radius 3 is 2.21 bits per heavy atom. The molecular weight excluding hydrogens is 283 g/mol. The Morgan fingerprint density at radius 1 is 1.21 bits per heavy atom. The van der Waals surface area contributed by atoms with Gasteiger partial charge in [0, 0.05) is 27.6 Å². The van der Waals surface area contributed by atoms with Gasteiger partial charge >= 0.3 is 0 Å². The van der Waals surface area contributed by atoms with E-state index in [4.69, 9.17) is 23.2 Å². The van der Waals surface area contributed by atoms with Crippen molar-refractivity contribution < 1.29 is 0 Å². The lowest BCUT2D eigenvalue weighted by atomic mass is 9.91. The fourth-order valence-corrected chi connectivity index (χ4v) is 3.36. The summed E-state index contributed by atoms with van der Waals surface area (Å²) in [5, 5.41) is 17.8. The zero-order valence-corrected chi connectivity index (χ0v) is 13.2. The summed E-state index contributed by atoms with van der Waals surface area (Å²) in [6, 6.07) is 5.26. The number of quaternary nitrogens is 1. The first-order valence-corrected chi connectivity index (χ1v) is 7.20. The van der Waals surface area contributed by atoms with E-state index in [2.05, 4.69) is 26.1 Å². The Morgan fingerprint density at radius 2 is 1.74 bits per heavy atom. The molecule has 1 aliphatic rings. The molecule has 19 heavy (non-hydrogen) atoms. The van der Waals surface area contributed by atoms with Crippen molar-refractivity contribution in [2.45, 2.75) is 39.9 Å². The molecule has 1 aliphatic heterocycles. The highest BCUT2D eigenvalue weighted by Gasteiger charge is 2.47. The number of hydrogen-bond acceptors (Lipinski definition) is 2. The summed E-state index contributed by atoms with van der Waals surface area (Å²) in [6.45, 7) is 8.72. The van der Waals surface area contributed by atoms with Crippen LogP contribution in [0.1, 0.15) is 27.7 Å². The Kier molecular flexibility index (Phi) is 3.89. The van der Waals surface area contributed by atoms with Gasteiger partial charge in [-0.05, 0) is 13.0 Å². The van der Waals surface area contributed by atoms with Crippen LogP contribution in [0.2, 0.25) is 10.0 Å². The van der Waals surface area contributed by atoms with Crippen LogP contribution >= 0.6 is 23.2 Å². The van der Waals surface area contributed by atoms with E-state index < -0.39 is 4.65 Å². The fourth-order valence-electron chi connectivity index (χ4n) is 2.84. The molecule has 1 aromatic rings. The smallest absolute Gasteiger partial charge is 0.152 e. The molecule has 0 saturated carbocycles. The van der Waals surface area contributed by atoms with E-state index in [1.54, 1.807) is 18.2 Å². The average molecular weight is 303 g/mol. The molecule has 0 aliphatic carbocycles. The van der Waals surface area contributed by atoms with Gasteiger partial charge in [0.25, 0.3) is 0 Å². The van der Waals surface area contributed by atoms with Crippen molar-refractivity contribution in [1.29, 1.82) is 0 Å². The van der Waals surface area contributed by atoms with Crippen LogP contribution in [0, 0.1) is 10.6 Å². The maximum Gasteiger partial charge on any atom is 0.152 e. The van der Waals surface area contributed by atoms with Crippen LogP contribution in [0.25, 0.3) is 0 Å². The minimum absolute atomic E-state index is 0.151. The SMILES string of the molecule is C[C@H]1C[N+]([O-])(c2cc(Cl)cc(Cl)c2)[C@H](C(C)(C)C)N1. The van der Waals surface area contributed by atoms with Crippen molar-refractivity contribution >= 4 is 28.9 Å². The number of hydrogen-bond donors (Lipinski definition) is 1. The number of nitrogens with zero attached hydrogens (tertiary/aromatic N) is 1. The zero-order valence-electron chi connectivity index (χ0n) is 11.7. The molecule has 106 valence electrons. The van der Waals surface area contributed by atoms with E-state index in [1.165, 1.54) is 0 Å². The predicted octanol–water partition coefficient (Wildman–Crippen LogP) is 4.16. The van der Waals surface area contributed by atoms with Gasteiger partial charge < -0.3 is 9.85 Å². The zero-order chi connectivity index (χ0) is 14.4. The second-order valence-corrected chi connectivity index (χ2v) is 7.31. The fraction of sp³-hybridized carbons (Fsp3) is 0.571. The number of halogens is 2. The lowest BCUT2D eigenvalue weighted by Gasteiger charge is -2.47. The van der Waals surface area contributed by atoms with Crippen LogP contribution < -0.4 is 9.96 Å². The summed E-state index contributed by atoms with van der Waals surface area (Å²) in [7, 11) is 0. The quantitative estimate of drug-likeness (QED) is 0.624. The van der Waals surface area contributed by atoms with Gasteiger partial charge in [-0.3, -0.25) is 5.32 Å². The Hall–Kier alpha value is -0.320. The van der Waals surface area contributed by atoms with Crippen LogP contribution in [-0.4, -0.2) is 18.8 Å². The molecule has 5 heteroatoms. The first-order chi connectivity index (χ1) is 8.63. The highest BCUT2D eigenvalue weighted by atomic mass is 35.5. The van der Waals surface area contributed by atoms with E-state index in [9.17, 15) is 5.21 Å². The van der Waals surface area contributed by atoms with Crippen LogP contribution in [0.5, 0.6) is 0 Å². The minimum atomic E-state index is -0.426. The molecule has 0 bridgehead atoms. The Bertz CT molecular complexity index is 467. The van der Waals surface area contributed by atoms with E-state index in [0.29, 0.717) is 22.3 Å². The van der Waals surface area contributed by atoms with Gasteiger partial charge in [0.15, 0.2) is 6.17 Å². The number of hydroxylamine groups is 2. The molecule has 1 unspecified atom stereocenters. The second kappa shape index (κ2) is 4.90. The van der Waals surface area contributed by atoms with Crippen LogP contribution in [-0.2, 0) is 0 Å². The van der Waals surface area contributed by atoms with Crippen LogP contribution in [0.3, 0.4) is 0 Å². The van der Waals surface area contributed by atoms with Crippen molar-refractivity contribution in [1.82, 2.24) is 9.96 Å². The van der Waals surface area contributed by atoms with Crippen LogP contribution in [0.4, 0.5) is 5.69 Å². The summed E-state index contributed by atoms with van der Waals surface area (Å²) < 4.78 is -0.426. The van der Waals surface area contributed by atoms with Crippen molar-refractivity contribution in [3.8, 4) is 0 Å². The Labute approximate surface area is 124 Å². The van der Waals surface area contributed by atoms with E-state index in [-0.39, 0.29) is 17.6 Å². The van der Waals surface area contributed by atoms with Crippen molar-refractivity contribution in [2.24, 2.45) is 5.41 Å². The maximum absolute atomic E-state index is 13.4. The first kappa shape index (κ1) is 15.1. The number of nitrogens with one attached hydrogen (secondary N) is 1. The molecule has 1 N–H and O–H groups in total. The van der Waals surface area contributed by atoms with Crippen molar-refractivity contribution in [3.05, 3.63) is 33.5 Å². The van der Waals surface area contributed by atoms with E-state index in [1.807, 2.05) is 6.92 Å². The predicted molar refractivity (Wildman–Crippen MR) is 82.3 cm³/mol. The molecule has 2 rings (SSSR count). The standard InChI is InChI=1S/C14H20Cl2N2O/c1-9-8-18(19,13(17-9)14(2,3)4)12-6-10(15)5-11(16)7-12/h5-7,9,13,17H,8H2,1-4H3/t9-,13+,18?/m0/s1. The molecule has 0 aromatic heterocycles. The number of rotatable bonds is 1. The normalized spacial score (nSPS) is 31.7. The average Bonchev–Trinajstić information content (AvgIpc) is 2.53. The van der Waals surface area contributed by atoms with Gasteiger partial charge in [-0.25, -0.2) is 0 Å². The van der Waals surface area contributed by atoms with Crippen LogP contribution in [0.15, 0.2) is 18.2 Å². The maximum atomic E-state index is 13.4.